The molecule has 0 aromatic heterocycles. The van der Waals surface area contributed by atoms with E-state index in [0.717, 1.165) is 6.08 Å². The Kier molecular flexibility index (Phi) is 8.09. The second-order valence-corrected chi connectivity index (χ2v) is 7.13. The zero-order valence-electron chi connectivity index (χ0n) is 15.5. The summed E-state index contributed by atoms with van der Waals surface area (Å²) in [6.07, 6.45) is 2.31. The van der Waals surface area contributed by atoms with Gasteiger partial charge in [0.15, 0.2) is 11.2 Å². The van der Waals surface area contributed by atoms with Crippen LogP contribution in [0.5, 0.6) is 0 Å². The van der Waals surface area contributed by atoms with E-state index in [1.54, 1.807) is 13.8 Å². The first-order chi connectivity index (χ1) is 10.4. The summed E-state index contributed by atoms with van der Waals surface area (Å²) in [5, 5.41) is 0. The van der Waals surface area contributed by atoms with Gasteiger partial charge >= 0.3 is 11.9 Å². The molecule has 0 fully saturated rings. The maximum atomic E-state index is 11.6. The molecule has 0 amide bonds. The zero-order chi connectivity index (χ0) is 18.3. The Balaban J connectivity index is 5.57. The van der Waals surface area contributed by atoms with Crippen LogP contribution < -0.4 is 0 Å². The monoisotopic (exact) mass is 322 g/mol. The summed E-state index contributed by atoms with van der Waals surface area (Å²) in [7, 11) is 0. The smallest absolute Gasteiger partial charge is 0.331 e. The average molecular weight is 322 g/mol. The highest BCUT2D eigenvalue weighted by Gasteiger charge is 2.31. The van der Waals surface area contributed by atoms with Gasteiger partial charge in [0.1, 0.15) is 0 Å². The van der Waals surface area contributed by atoms with Gasteiger partial charge < -0.3 is 9.47 Å². The van der Waals surface area contributed by atoms with Gasteiger partial charge in [0, 0.05) is 25.8 Å². The second kappa shape index (κ2) is 8.76. The van der Waals surface area contributed by atoms with Crippen molar-refractivity contribution in [2.24, 2.45) is 11.8 Å². The van der Waals surface area contributed by atoms with E-state index in [1.165, 1.54) is 6.92 Å². The van der Waals surface area contributed by atoms with E-state index in [0.29, 0.717) is 18.8 Å². The Morgan fingerprint density at radius 3 is 1.70 bits per heavy atom. The van der Waals surface area contributed by atoms with Gasteiger partial charge in [-0.3, -0.25) is 4.79 Å². The molecule has 0 bridgehead atoms. The van der Waals surface area contributed by atoms with Crippen LogP contribution in [0.2, 0.25) is 0 Å². The third kappa shape index (κ3) is 9.07. The van der Waals surface area contributed by atoms with Crippen molar-refractivity contribution in [3.05, 3.63) is 12.7 Å². The summed E-state index contributed by atoms with van der Waals surface area (Å²) >= 11 is 0. The number of carbonyl (C=O) groups is 2. The largest absolute Gasteiger partial charge is 0.446 e. The molecule has 0 aliphatic carbocycles. The first-order valence-electron chi connectivity index (χ1n) is 8.00. The minimum atomic E-state index is -0.947. The number of hydrogen-bond acceptors (Lipinski definition) is 4. The molecule has 4 heteroatoms. The van der Waals surface area contributed by atoms with E-state index < -0.39 is 17.2 Å². The summed E-state index contributed by atoms with van der Waals surface area (Å²) < 4.78 is 10.8. The summed E-state index contributed by atoms with van der Waals surface area (Å²) in [6, 6.07) is 0. The fourth-order valence-electron chi connectivity index (χ4n) is 2.64. The highest BCUT2D eigenvalue weighted by molar-refractivity contribution is 5.81. The summed E-state index contributed by atoms with van der Waals surface area (Å²) in [4.78, 5) is 23.0. The lowest BCUT2D eigenvalue weighted by atomic mass is 9.90. The third-order valence-corrected chi connectivity index (χ3v) is 3.05. The van der Waals surface area contributed by atoms with E-state index >= 15 is 0 Å². The number of esters is 2. The van der Waals surface area contributed by atoms with Crippen LogP contribution in [0.25, 0.3) is 0 Å². The Hall–Kier alpha value is -1.76. The van der Waals surface area contributed by atoms with Gasteiger partial charge in [0.25, 0.3) is 0 Å². The Morgan fingerprint density at radius 2 is 1.39 bits per heavy atom. The van der Waals surface area contributed by atoms with Crippen LogP contribution in [-0.4, -0.2) is 23.1 Å². The summed E-state index contributed by atoms with van der Waals surface area (Å²) in [5.74, 6) is 5.76. The summed E-state index contributed by atoms with van der Waals surface area (Å²) in [6.45, 7) is 16.5. The standard InChI is InChI=1S/C19H30O4/c1-9-17(21)23-19(8,13-15(4)5)11-10-18(7,12-14(2)3)22-16(6)20/h9,14-15H,1,12-13H2,2-8H3. The molecule has 0 aliphatic rings. The summed E-state index contributed by atoms with van der Waals surface area (Å²) in [5.41, 5.74) is -1.85. The quantitative estimate of drug-likeness (QED) is 0.405. The Bertz CT molecular complexity index is 495. The molecule has 0 saturated carbocycles. The van der Waals surface area contributed by atoms with Crippen molar-refractivity contribution < 1.29 is 19.1 Å². The molecule has 0 aromatic rings. The van der Waals surface area contributed by atoms with Gasteiger partial charge in [-0.1, -0.05) is 46.1 Å². The minimum Gasteiger partial charge on any atom is -0.446 e. The van der Waals surface area contributed by atoms with Crippen LogP contribution in [-0.2, 0) is 19.1 Å². The molecule has 0 rings (SSSR count). The van der Waals surface area contributed by atoms with Gasteiger partial charge in [0.2, 0.25) is 0 Å². The molecular formula is C19H30O4. The van der Waals surface area contributed by atoms with Crippen molar-refractivity contribution in [1.82, 2.24) is 0 Å². The van der Waals surface area contributed by atoms with E-state index in [-0.39, 0.29) is 11.9 Å². The van der Waals surface area contributed by atoms with Crippen LogP contribution in [0.1, 0.15) is 61.3 Å². The zero-order valence-corrected chi connectivity index (χ0v) is 15.5. The molecule has 0 N–H and O–H groups in total. The highest BCUT2D eigenvalue weighted by Crippen LogP contribution is 2.24. The van der Waals surface area contributed by atoms with Crippen LogP contribution in [0.15, 0.2) is 12.7 Å². The second-order valence-electron chi connectivity index (χ2n) is 7.13. The first-order valence-corrected chi connectivity index (χ1v) is 8.00. The van der Waals surface area contributed by atoms with Crippen molar-refractivity contribution in [2.45, 2.75) is 72.5 Å². The molecule has 0 aliphatic heterocycles. The predicted molar refractivity (Wildman–Crippen MR) is 91.6 cm³/mol. The van der Waals surface area contributed by atoms with Crippen LogP contribution in [0, 0.1) is 23.7 Å². The SMILES string of the molecule is C=CC(=O)OC(C)(C#CC(C)(CC(C)C)OC(C)=O)CC(C)C. The molecule has 2 atom stereocenters. The number of carbonyl (C=O) groups excluding carboxylic acids is 2. The minimum absolute atomic E-state index is 0.289. The molecular weight excluding hydrogens is 292 g/mol. The van der Waals surface area contributed by atoms with Gasteiger partial charge in [0.05, 0.1) is 0 Å². The van der Waals surface area contributed by atoms with Crippen LogP contribution in [0.3, 0.4) is 0 Å². The fraction of sp³-hybridized carbons (Fsp3) is 0.684. The molecule has 2 unspecified atom stereocenters. The van der Waals surface area contributed by atoms with E-state index in [1.807, 2.05) is 27.7 Å². The number of hydrogen-bond donors (Lipinski definition) is 0. The Labute approximate surface area is 140 Å². The van der Waals surface area contributed by atoms with Crippen molar-refractivity contribution in [1.29, 1.82) is 0 Å². The van der Waals surface area contributed by atoms with E-state index in [4.69, 9.17) is 9.47 Å². The first kappa shape index (κ1) is 21.2. The van der Waals surface area contributed by atoms with Crippen molar-refractivity contribution >= 4 is 11.9 Å². The van der Waals surface area contributed by atoms with Crippen LogP contribution >= 0.6 is 0 Å². The Morgan fingerprint density at radius 1 is 1.00 bits per heavy atom. The molecule has 0 aromatic carbocycles. The van der Waals surface area contributed by atoms with E-state index in [2.05, 4.69) is 18.4 Å². The predicted octanol–water partition coefficient (Wildman–Crippen LogP) is 3.89. The van der Waals surface area contributed by atoms with Crippen LogP contribution in [0.4, 0.5) is 0 Å². The lowest BCUT2D eigenvalue weighted by Crippen LogP contribution is -2.35. The van der Waals surface area contributed by atoms with Crippen molar-refractivity contribution in [3.63, 3.8) is 0 Å². The lowest BCUT2D eigenvalue weighted by Gasteiger charge is -2.28. The maximum absolute atomic E-state index is 11.6. The van der Waals surface area contributed by atoms with Gasteiger partial charge in [-0.15, -0.1) is 0 Å². The normalized spacial score (nSPS) is 15.9. The maximum Gasteiger partial charge on any atom is 0.331 e. The lowest BCUT2D eigenvalue weighted by molar-refractivity contribution is -0.152. The van der Waals surface area contributed by atoms with Crippen molar-refractivity contribution in [2.75, 3.05) is 0 Å². The highest BCUT2D eigenvalue weighted by atomic mass is 16.6. The van der Waals surface area contributed by atoms with Crippen molar-refractivity contribution in [3.8, 4) is 11.8 Å². The third-order valence-electron chi connectivity index (χ3n) is 3.05. The molecule has 130 valence electrons. The average Bonchev–Trinajstić information content (AvgIpc) is 2.33. The van der Waals surface area contributed by atoms with Gasteiger partial charge in [-0.05, 0) is 25.7 Å². The topological polar surface area (TPSA) is 52.6 Å². The fourth-order valence-corrected chi connectivity index (χ4v) is 2.64. The molecule has 0 spiro atoms. The van der Waals surface area contributed by atoms with E-state index in [9.17, 15) is 9.59 Å². The molecule has 0 heterocycles. The molecule has 0 saturated heterocycles. The number of ether oxygens (including phenoxy) is 2. The molecule has 23 heavy (non-hydrogen) atoms. The molecule has 4 nitrogen and oxygen atoms in total. The van der Waals surface area contributed by atoms with Gasteiger partial charge in [-0.25, -0.2) is 4.79 Å². The van der Waals surface area contributed by atoms with Gasteiger partial charge in [-0.2, -0.15) is 0 Å². The number of rotatable bonds is 7. The molecule has 0 radical (unpaired) electrons.